The van der Waals surface area contributed by atoms with Crippen LogP contribution in [0.2, 0.25) is 0 Å². The number of allylic oxidation sites excluding steroid dienone is 1. The second-order valence-electron chi connectivity index (χ2n) is 10.1. The van der Waals surface area contributed by atoms with Crippen molar-refractivity contribution in [2.45, 2.75) is 77.7 Å². The summed E-state index contributed by atoms with van der Waals surface area (Å²) < 4.78 is 0. The highest BCUT2D eigenvalue weighted by molar-refractivity contribution is 5.91. The molecule has 0 amide bonds. The quantitative estimate of drug-likeness (QED) is 0.725. The van der Waals surface area contributed by atoms with Crippen LogP contribution < -0.4 is 0 Å². The summed E-state index contributed by atoms with van der Waals surface area (Å²) in [5, 5.41) is 11.1. The molecule has 4 fully saturated rings. The number of aliphatic hydroxyl groups is 1. The van der Waals surface area contributed by atoms with Crippen molar-refractivity contribution >= 4 is 5.78 Å². The third-order valence-electron chi connectivity index (χ3n) is 9.62. The minimum Gasteiger partial charge on any atom is -0.390 e. The van der Waals surface area contributed by atoms with Crippen LogP contribution in [0.4, 0.5) is 0 Å². The van der Waals surface area contributed by atoms with Crippen molar-refractivity contribution in [3.05, 3.63) is 11.6 Å². The van der Waals surface area contributed by atoms with Gasteiger partial charge >= 0.3 is 0 Å². The van der Waals surface area contributed by atoms with Crippen molar-refractivity contribution in [3.8, 4) is 0 Å². The molecule has 0 aromatic heterocycles. The molecule has 2 nitrogen and oxygen atoms in total. The Hall–Kier alpha value is -0.630. The van der Waals surface area contributed by atoms with Crippen LogP contribution >= 0.6 is 0 Å². The molecule has 0 saturated heterocycles. The Balaban J connectivity index is 1.58. The van der Waals surface area contributed by atoms with E-state index in [1.54, 1.807) is 0 Å². The maximum atomic E-state index is 11.9. The van der Waals surface area contributed by atoms with Crippen molar-refractivity contribution in [1.29, 1.82) is 0 Å². The predicted octanol–water partition coefficient (Wildman–Crippen LogP) is 4.27. The molecular weight excluding hydrogens is 284 g/mol. The number of fused-ring (bicyclic) bond motifs is 3. The Labute approximate surface area is 139 Å². The van der Waals surface area contributed by atoms with Crippen molar-refractivity contribution in [2.75, 3.05) is 0 Å². The summed E-state index contributed by atoms with van der Waals surface area (Å²) in [5.41, 5.74) is 1.77. The second kappa shape index (κ2) is 3.95. The van der Waals surface area contributed by atoms with Crippen molar-refractivity contribution in [3.63, 3.8) is 0 Å². The van der Waals surface area contributed by atoms with Gasteiger partial charge in [0.05, 0.1) is 5.60 Å². The minimum atomic E-state index is -0.472. The first-order valence-corrected chi connectivity index (χ1v) is 9.71. The van der Waals surface area contributed by atoms with Gasteiger partial charge in [-0.3, -0.25) is 4.79 Å². The van der Waals surface area contributed by atoms with Gasteiger partial charge in [-0.25, -0.2) is 0 Å². The molecule has 23 heavy (non-hydrogen) atoms. The third kappa shape index (κ3) is 1.45. The maximum absolute atomic E-state index is 11.9. The zero-order valence-electron chi connectivity index (χ0n) is 14.8. The topological polar surface area (TPSA) is 37.3 Å². The number of hydrogen-bond acceptors (Lipinski definition) is 2. The van der Waals surface area contributed by atoms with Crippen LogP contribution in [0.15, 0.2) is 11.6 Å². The van der Waals surface area contributed by atoms with Crippen LogP contribution in [0, 0.1) is 34.0 Å². The van der Waals surface area contributed by atoms with E-state index in [1.165, 1.54) is 31.3 Å². The summed E-state index contributed by atoms with van der Waals surface area (Å²) in [6.07, 6.45) is 11.0. The fourth-order valence-electron chi connectivity index (χ4n) is 8.14. The molecule has 0 bridgehead atoms. The normalized spacial score (nSPS) is 60.3. The SMILES string of the molecule is C[C@]12CC[C@H]3[C@@H](CCC4=CC(=O)CC[C@@]43C)[C@@]13C[C@H]3C[C@]2(C)O. The standard InChI is InChI=1S/C21H30O2/c1-18-8-6-15(22)10-13(18)4-5-17-16(18)7-9-19(2)20(3,23)11-14-12-21(14,17)19/h10,14,16-17,23H,4-9,11-12H2,1-3H3/t14-,16+,17-,18+,19-,20+,21+/m1/s1. The number of carbonyl (C=O) groups excluding carboxylic acids is 1. The molecule has 0 aromatic rings. The van der Waals surface area contributed by atoms with E-state index in [-0.39, 0.29) is 10.8 Å². The molecule has 5 rings (SSSR count). The molecule has 0 aromatic carbocycles. The molecule has 2 heteroatoms. The van der Waals surface area contributed by atoms with Gasteiger partial charge in [0, 0.05) is 11.8 Å². The van der Waals surface area contributed by atoms with E-state index in [0.717, 1.165) is 43.4 Å². The van der Waals surface area contributed by atoms with Gasteiger partial charge in [0.25, 0.3) is 0 Å². The van der Waals surface area contributed by atoms with Gasteiger partial charge in [-0.1, -0.05) is 19.4 Å². The first-order chi connectivity index (χ1) is 10.7. The van der Waals surface area contributed by atoms with Crippen molar-refractivity contribution in [1.82, 2.24) is 0 Å². The number of rotatable bonds is 0. The molecule has 0 radical (unpaired) electrons. The van der Waals surface area contributed by atoms with Crippen LogP contribution in [0.1, 0.15) is 72.1 Å². The fraction of sp³-hybridized carbons (Fsp3) is 0.857. The summed E-state index contributed by atoms with van der Waals surface area (Å²) in [5.74, 6) is 2.62. The Morgan fingerprint density at radius 3 is 2.61 bits per heavy atom. The molecule has 0 unspecified atom stereocenters. The molecule has 5 aliphatic rings. The molecule has 4 saturated carbocycles. The van der Waals surface area contributed by atoms with Crippen molar-refractivity contribution < 1.29 is 9.90 Å². The van der Waals surface area contributed by atoms with Crippen molar-refractivity contribution in [2.24, 2.45) is 34.0 Å². The highest BCUT2D eigenvalue weighted by atomic mass is 16.3. The van der Waals surface area contributed by atoms with E-state index < -0.39 is 5.60 Å². The van der Waals surface area contributed by atoms with Gasteiger partial charge in [-0.15, -0.1) is 0 Å². The molecule has 0 heterocycles. The van der Waals surface area contributed by atoms with Crippen LogP contribution in [0.25, 0.3) is 0 Å². The second-order valence-corrected chi connectivity index (χ2v) is 10.1. The number of carbonyl (C=O) groups is 1. The molecule has 5 aliphatic carbocycles. The van der Waals surface area contributed by atoms with Gasteiger partial charge in [-0.2, -0.15) is 0 Å². The summed E-state index contributed by atoms with van der Waals surface area (Å²) in [6, 6.07) is 0. The van der Waals surface area contributed by atoms with Gasteiger partial charge in [0.1, 0.15) is 0 Å². The van der Waals surface area contributed by atoms with Gasteiger partial charge < -0.3 is 5.11 Å². The average molecular weight is 314 g/mol. The molecule has 0 aliphatic heterocycles. The lowest BCUT2D eigenvalue weighted by Gasteiger charge is -2.60. The average Bonchev–Trinajstić information content (AvgIpc) is 3.13. The van der Waals surface area contributed by atoms with Gasteiger partial charge in [-0.05, 0) is 86.5 Å². The van der Waals surface area contributed by atoms with E-state index in [0.29, 0.717) is 11.2 Å². The van der Waals surface area contributed by atoms with Crippen LogP contribution in [-0.4, -0.2) is 16.5 Å². The molecule has 1 spiro atoms. The molecule has 1 N–H and O–H groups in total. The first-order valence-electron chi connectivity index (χ1n) is 9.71. The smallest absolute Gasteiger partial charge is 0.155 e. The lowest BCUT2D eigenvalue weighted by Crippen LogP contribution is -2.56. The Morgan fingerprint density at radius 1 is 1.04 bits per heavy atom. The third-order valence-corrected chi connectivity index (χ3v) is 9.62. The van der Waals surface area contributed by atoms with Gasteiger partial charge in [0.2, 0.25) is 0 Å². The summed E-state index contributed by atoms with van der Waals surface area (Å²) in [6.45, 7) is 6.95. The first kappa shape index (κ1) is 14.7. The minimum absolute atomic E-state index is 0.119. The van der Waals surface area contributed by atoms with E-state index in [4.69, 9.17) is 0 Å². The zero-order valence-corrected chi connectivity index (χ0v) is 14.8. The van der Waals surface area contributed by atoms with E-state index in [1.807, 2.05) is 6.08 Å². The largest absolute Gasteiger partial charge is 0.390 e. The van der Waals surface area contributed by atoms with Crippen LogP contribution in [0.5, 0.6) is 0 Å². The summed E-state index contributed by atoms with van der Waals surface area (Å²) >= 11 is 0. The number of ketones is 1. The molecule has 126 valence electrons. The monoisotopic (exact) mass is 314 g/mol. The summed E-state index contributed by atoms with van der Waals surface area (Å²) in [7, 11) is 0. The Bertz CT molecular complexity index is 632. The highest BCUT2D eigenvalue weighted by Gasteiger charge is 2.80. The lowest BCUT2D eigenvalue weighted by atomic mass is 9.44. The maximum Gasteiger partial charge on any atom is 0.155 e. The summed E-state index contributed by atoms with van der Waals surface area (Å²) in [4.78, 5) is 11.9. The Morgan fingerprint density at radius 2 is 1.83 bits per heavy atom. The highest BCUT2D eigenvalue weighted by Crippen LogP contribution is 2.84. The van der Waals surface area contributed by atoms with Crippen LogP contribution in [0.3, 0.4) is 0 Å². The molecule has 7 atom stereocenters. The van der Waals surface area contributed by atoms with E-state index >= 15 is 0 Å². The predicted molar refractivity (Wildman–Crippen MR) is 89.8 cm³/mol. The lowest BCUT2D eigenvalue weighted by molar-refractivity contribution is -0.145. The zero-order chi connectivity index (χ0) is 16.3. The van der Waals surface area contributed by atoms with Gasteiger partial charge in [0.15, 0.2) is 5.78 Å². The van der Waals surface area contributed by atoms with Crippen LogP contribution in [-0.2, 0) is 4.79 Å². The van der Waals surface area contributed by atoms with E-state index in [9.17, 15) is 9.90 Å². The number of hydrogen-bond donors (Lipinski definition) is 1. The van der Waals surface area contributed by atoms with E-state index in [2.05, 4.69) is 20.8 Å². The fourth-order valence-corrected chi connectivity index (χ4v) is 8.14. The Kier molecular flexibility index (Phi) is 2.52. The molecular formula is C21H30O2.